The molecule has 2 aromatic heterocycles. The first-order valence-electron chi connectivity index (χ1n) is 8.39. The average Bonchev–Trinajstić information content (AvgIpc) is 3.25. The second-order valence-electron chi connectivity index (χ2n) is 5.72. The summed E-state index contributed by atoms with van der Waals surface area (Å²) in [6, 6.07) is 11.4. The van der Waals surface area contributed by atoms with Crippen molar-refractivity contribution in [2.75, 3.05) is 14.2 Å². The van der Waals surface area contributed by atoms with E-state index in [1.165, 1.54) is 0 Å². The van der Waals surface area contributed by atoms with Gasteiger partial charge in [-0.1, -0.05) is 6.07 Å². The van der Waals surface area contributed by atoms with E-state index in [2.05, 4.69) is 20.4 Å². The molecular weight excluding hydrogens is 471 g/mol. The molecule has 28 heavy (non-hydrogen) atoms. The average molecular weight is 494 g/mol. The van der Waals surface area contributed by atoms with Gasteiger partial charge in [-0.05, 0) is 41.5 Å². The number of rotatable bonds is 7. The van der Waals surface area contributed by atoms with E-state index in [0.717, 1.165) is 16.9 Å². The minimum Gasteiger partial charge on any atom is -0.493 e. The molecule has 0 aliphatic carbocycles. The summed E-state index contributed by atoms with van der Waals surface area (Å²) in [5.41, 5.74) is 7.98. The van der Waals surface area contributed by atoms with Crippen molar-refractivity contribution in [1.29, 1.82) is 0 Å². The van der Waals surface area contributed by atoms with Crippen LogP contribution in [0.5, 0.6) is 11.5 Å². The maximum Gasteiger partial charge on any atom is 0.189 e. The minimum atomic E-state index is 0. The highest BCUT2D eigenvalue weighted by molar-refractivity contribution is 14.0. The highest BCUT2D eigenvalue weighted by Gasteiger charge is 2.04. The fourth-order valence-electron chi connectivity index (χ4n) is 2.50. The lowest BCUT2D eigenvalue weighted by molar-refractivity contribution is 0.354. The van der Waals surface area contributed by atoms with Crippen LogP contribution in [0.4, 0.5) is 0 Å². The number of hydrogen-bond acceptors (Lipinski definition) is 5. The first-order valence-corrected chi connectivity index (χ1v) is 8.39. The molecule has 3 rings (SSSR count). The number of nitrogens with one attached hydrogen (secondary N) is 1. The number of nitrogens with two attached hydrogens (primary N) is 1. The molecule has 1 aromatic carbocycles. The van der Waals surface area contributed by atoms with Crippen LogP contribution >= 0.6 is 24.0 Å². The normalized spacial score (nSPS) is 10.9. The number of hydrogen-bond donors (Lipinski definition) is 2. The Morgan fingerprint density at radius 1 is 1.11 bits per heavy atom. The van der Waals surface area contributed by atoms with Crippen molar-refractivity contribution in [2.24, 2.45) is 10.7 Å². The lowest BCUT2D eigenvalue weighted by Gasteiger charge is -2.09. The molecule has 8 nitrogen and oxygen atoms in total. The number of nitrogens with zero attached hydrogens (tertiary/aromatic N) is 4. The molecule has 3 aromatic rings. The van der Waals surface area contributed by atoms with Crippen LogP contribution in [0.2, 0.25) is 0 Å². The van der Waals surface area contributed by atoms with Gasteiger partial charge in [0.15, 0.2) is 23.3 Å². The predicted octanol–water partition coefficient (Wildman–Crippen LogP) is 2.51. The van der Waals surface area contributed by atoms with Gasteiger partial charge in [0.1, 0.15) is 0 Å². The van der Waals surface area contributed by atoms with Crippen LogP contribution in [0.25, 0.3) is 5.82 Å². The van der Waals surface area contributed by atoms with Crippen molar-refractivity contribution >= 4 is 29.9 Å². The maximum atomic E-state index is 5.98. The Bertz CT molecular complexity index is 915. The molecule has 0 saturated heterocycles. The quantitative estimate of drug-likeness (QED) is 0.298. The molecule has 0 fully saturated rings. The topological polar surface area (TPSA) is 99.6 Å². The van der Waals surface area contributed by atoms with Gasteiger partial charge in [0.2, 0.25) is 0 Å². The number of halogens is 1. The number of ether oxygens (including phenoxy) is 2. The van der Waals surface area contributed by atoms with E-state index in [1.807, 2.05) is 42.6 Å². The van der Waals surface area contributed by atoms with Gasteiger partial charge in [0.25, 0.3) is 0 Å². The zero-order valence-corrected chi connectivity index (χ0v) is 18.0. The molecule has 0 amide bonds. The smallest absolute Gasteiger partial charge is 0.189 e. The van der Waals surface area contributed by atoms with Crippen molar-refractivity contribution in [3.8, 4) is 17.3 Å². The van der Waals surface area contributed by atoms with Gasteiger partial charge in [-0.2, -0.15) is 5.10 Å². The van der Waals surface area contributed by atoms with Crippen LogP contribution in [-0.2, 0) is 13.1 Å². The first kappa shape index (κ1) is 21.5. The summed E-state index contributed by atoms with van der Waals surface area (Å²) in [4.78, 5) is 8.67. The summed E-state index contributed by atoms with van der Waals surface area (Å²) in [6.45, 7) is 0.978. The van der Waals surface area contributed by atoms with Crippen LogP contribution in [0.15, 0.2) is 60.0 Å². The van der Waals surface area contributed by atoms with Crippen molar-refractivity contribution < 1.29 is 9.47 Å². The Balaban J connectivity index is 0.00000280. The van der Waals surface area contributed by atoms with Gasteiger partial charge in [-0.25, -0.2) is 14.7 Å². The minimum absolute atomic E-state index is 0. The standard InChI is InChI=1S/C19H22N6O2.HI/c1-26-16-5-4-14(10-17(16)27-2)12-22-19(20)23-13-15-6-8-21-18(11-15)25-9-3-7-24-25;/h3-11H,12-13H2,1-2H3,(H3,20,22,23);1H. The van der Waals surface area contributed by atoms with E-state index < -0.39 is 0 Å². The zero-order valence-electron chi connectivity index (χ0n) is 15.7. The molecular formula is C19H23IN6O2. The lowest BCUT2D eigenvalue weighted by atomic mass is 10.2. The summed E-state index contributed by atoms with van der Waals surface area (Å²) >= 11 is 0. The fourth-order valence-corrected chi connectivity index (χ4v) is 2.50. The number of benzene rings is 1. The van der Waals surface area contributed by atoms with E-state index >= 15 is 0 Å². The Labute approximate surface area is 180 Å². The summed E-state index contributed by atoms with van der Waals surface area (Å²) in [5.74, 6) is 2.46. The highest BCUT2D eigenvalue weighted by Crippen LogP contribution is 2.27. The van der Waals surface area contributed by atoms with E-state index in [4.69, 9.17) is 15.2 Å². The lowest BCUT2D eigenvalue weighted by Crippen LogP contribution is -2.31. The zero-order chi connectivity index (χ0) is 19.1. The van der Waals surface area contributed by atoms with Crippen LogP contribution in [0.3, 0.4) is 0 Å². The molecule has 0 aliphatic heterocycles. The van der Waals surface area contributed by atoms with Gasteiger partial charge < -0.3 is 20.5 Å². The largest absolute Gasteiger partial charge is 0.493 e. The third-order valence-corrected chi connectivity index (χ3v) is 3.90. The molecule has 0 bridgehead atoms. The number of aliphatic imine (C=N–C) groups is 1. The van der Waals surface area contributed by atoms with Gasteiger partial charge in [-0.15, -0.1) is 24.0 Å². The molecule has 3 N–H and O–H groups in total. The molecule has 0 spiro atoms. The second-order valence-corrected chi connectivity index (χ2v) is 5.72. The molecule has 9 heteroatoms. The van der Waals surface area contributed by atoms with Crippen LogP contribution in [-0.4, -0.2) is 34.9 Å². The summed E-state index contributed by atoms with van der Waals surface area (Å²) in [6.07, 6.45) is 5.30. The monoisotopic (exact) mass is 494 g/mol. The van der Waals surface area contributed by atoms with Crippen molar-refractivity contribution in [1.82, 2.24) is 20.1 Å². The summed E-state index contributed by atoms with van der Waals surface area (Å²) in [5, 5.41) is 7.29. The third-order valence-electron chi connectivity index (χ3n) is 3.90. The van der Waals surface area contributed by atoms with Crippen LogP contribution < -0.4 is 20.5 Å². The van der Waals surface area contributed by atoms with Gasteiger partial charge in [0, 0.05) is 25.1 Å². The van der Waals surface area contributed by atoms with Gasteiger partial charge in [-0.3, -0.25) is 0 Å². The van der Waals surface area contributed by atoms with E-state index in [9.17, 15) is 0 Å². The Morgan fingerprint density at radius 2 is 1.93 bits per heavy atom. The summed E-state index contributed by atoms with van der Waals surface area (Å²) in [7, 11) is 3.21. The SMILES string of the molecule is COc1ccc(CN=C(N)NCc2ccnc(-n3cccn3)c2)cc1OC.I. The van der Waals surface area contributed by atoms with Gasteiger partial charge >= 0.3 is 0 Å². The van der Waals surface area contributed by atoms with Crippen molar-refractivity contribution in [2.45, 2.75) is 13.1 Å². The molecule has 0 atom stereocenters. The fraction of sp³-hybridized carbons (Fsp3) is 0.211. The number of aromatic nitrogens is 3. The predicted molar refractivity (Wildman–Crippen MR) is 118 cm³/mol. The van der Waals surface area contributed by atoms with E-state index in [1.54, 1.807) is 31.3 Å². The second kappa shape index (κ2) is 10.5. The Hall–Kier alpha value is -2.82. The number of guanidine groups is 1. The molecule has 0 radical (unpaired) electrons. The molecule has 0 aliphatic rings. The molecule has 0 unspecified atom stereocenters. The Morgan fingerprint density at radius 3 is 2.64 bits per heavy atom. The maximum absolute atomic E-state index is 5.98. The third kappa shape index (κ3) is 5.59. The van der Waals surface area contributed by atoms with Crippen LogP contribution in [0.1, 0.15) is 11.1 Å². The van der Waals surface area contributed by atoms with E-state index in [-0.39, 0.29) is 24.0 Å². The van der Waals surface area contributed by atoms with E-state index in [0.29, 0.717) is 30.5 Å². The molecule has 0 saturated carbocycles. The van der Waals surface area contributed by atoms with Gasteiger partial charge in [0.05, 0.1) is 20.8 Å². The van der Waals surface area contributed by atoms with Crippen LogP contribution in [0, 0.1) is 0 Å². The number of pyridine rings is 1. The van der Waals surface area contributed by atoms with Crippen molar-refractivity contribution in [3.63, 3.8) is 0 Å². The summed E-state index contributed by atoms with van der Waals surface area (Å²) < 4.78 is 12.2. The van der Waals surface area contributed by atoms with Crippen molar-refractivity contribution in [3.05, 3.63) is 66.1 Å². The molecule has 2 heterocycles. The highest BCUT2D eigenvalue weighted by atomic mass is 127. The Kier molecular flexibility index (Phi) is 8.05. The first-order chi connectivity index (χ1) is 13.2. The molecule has 148 valence electrons. The number of methoxy groups -OCH3 is 2.